The van der Waals surface area contributed by atoms with Crippen LogP contribution in [0.1, 0.15) is 42.3 Å². The lowest BCUT2D eigenvalue weighted by molar-refractivity contribution is 0.0947. The summed E-state index contributed by atoms with van der Waals surface area (Å²) in [4.78, 5) is 12.6. The van der Waals surface area contributed by atoms with Gasteiger partial charge in [-0.05, 0) is 60.4 Å². The molecule has 3 aromatic rings. The zero-order valence-corrected chi connectivity index (χ0v) is 21.3. The van der Waals surface area contributed by atoms with Gasteiger partial charge in [0.2, 0.25) is 0 Å². The first-order chi connectivity index (χ1) is 16.0. The fourth-order valence-corrected chi connectivity index (χ4v) is 4.51. The highest BCUT2D eigenvalue weighted by atomic mass is 35.5. The van der Waals surface area contributed by atoms with Gasteiger partial charge in [-0.15, -0.1) is 0 Å². The molecule has 0 aliphatic rings. The number of hydrogen-bond acceptors (Lipinski definition) is 4. The van der Waals surface area contributed by atoms with E-state index in [9.17, 15) is 13.2 Å². The number of aryl methyl sites for hydroxylation is 1. The summed E-state index contributed by atoms with van der Waals surface area (Å²) in [5.41, 5.74) is 2.76. The Morgan fingerprint density at radius 2 is 1.62 bits per heavy atom. The monoisotopic (exact) mass is 500 g/mol. The van der Waals surface area contributed by atoms with Gasteiger partial charge in [-0.3, -0.25) is 9.52 Å². The summed E-state index contributed by atoms with van der Waals surface area (Å²) in [6, 6.07) is 18.8. The third kappa shape index (κ3) is 6.74. The molecule has 34 heavy (non-hydrogen) atoms. The maximum Gasteiger partial charge on any atom is 0.261 e. The van der Waals surface area contributed by atoms with Crippen LogP contribution >= 0.6 is 11.6 Å². The van der Waals surface area contributed by atoms with Crippen LogP contribution in [0.2, 0.25) is 5.02 Å². The molecule has 0 bridgehead atoms. The van der Waals surface area contributed by atoms with Crippen molar-refractivity contribution in [1.82, 2.24) is 5.32 Å². The fourth-order valence-electron chi connectivity index (χ4n) is 3.15. The molecule has 0 heterocycles. The highest BCUT2D eigenvalue weighted by molar-refractivity contribution is 7.92. The van der Waals surface area contributed by atoms with Crippen LogP contribution < -0.4 is 14.8 Å². The Hall–Kier alpha value is -3.03. The summed E-state index contributed by atoms with van der Waals surface area (Å²) in [6.45, 7) is 8.94. The molecule has 0 aromatic heterocycles. The number of carbonyl (C=O) groups is 1. The van der Waals surface area contributed by atoms with Gasteiger partial charge >= 0.3 is 0 Å². The fraction of sp³-hybridized carbons (Fsp3) is 0.269. The average molecular weight is 501 g/mol. The molecule has 2 N–H and O–H groups in total. The van der Waals surface area contributed by atoms with Crippen LogP contribution in [-0.2, 0) is 15.4 Å². The van der Waals surface area contributed by atoms with E-state index in [1.54, 1.807) is 12.1 Å². The second-order valence-corrected chi connectivity index (χ2v) is 11.1. The summed E-state index contributed by atoms with van der Waals surface area (Å²) in [5.74, 6) is 0.400. The van der Waals surface area contributed by atoms with E-state index >= 15 is 0 Å². The van der Waals surface area contributed by atoms with Crippen LogP contribution in [0.15, 0.2) is 71.6 Å². The van der Waals surface area contributed by atoms with Crippen LogP contribution in [0.4, 0.5) is 5.69 Å². The zero-order chi connectivity index (χ0) is 24.9. The molecule has 0 saturated carbocycles. The van der Waals surface area contributed by atoms with Gasteiger partial charge in [-0.1, -0.05) is 62.2 Å². The van der Waals surface area contributed by atoms with E-state index in [4.69, 9.17) is 16.3 Å². The second-order valence-electron chi connectivity index (χ2n) is 8.99. The molecule has 0 atom stereocenters. The lowest BCUT2D eigenvalue weighted by Crippen LogP contribution is -2.28. The van der Waals surface area contributed by atoms with Crippen molar-refractivity contribution in [3.63, 3.8) is 0 Å². The van der Waals surface area contributed by atoms with Gasteiger partial charge in [-0.25, -0.2) is 8.42 Å². The predicted octanol–water partition coefficient (Wildman–Crippen LogP) is 5.56. The molecule has 1 amide bonds. The van der Waals surface area contributed by atoms with Crippen molar-refractivity contribution in [2.24, 2.45) is 0 Å². The number of carbonyl (C=O) groups excluding carboxylic acids is 1. The highest BCUT2D eigenvalue weighted by Crippen LogP contribution is 2.26. The molecular formula is C26H29ClN2O4S. The minimum atomic E-state index is -3.79. The van der Waals surface area contributed by atoms with Gasteiger partial charge in [0, 0.05) is 5.56 Å². The normalized spacial score (nSPS) is 11.7. The summed E-state index contributed by atoms with van der Waals surface area (Å²) in [6.07, 6.45) is 0. The Morgan fingerprint density at radius 1 is 0.971 bits per heavy atom. The number of sulfonamides is 1. The Kier molecular flexibility index (Phi) is 7.89. The molecule has 0 radical (unpaired) electrons. The van der Waals surface area contributed by atoms with Gasteiger partial charge in [0.25, 0.3) is 15.9 Å². The first-order valence-corrected chi connectivity index (χ1v) is 12.7. The summed E-state index contributed by atoms with van der Waals surface area (Å²) in [7, 11) is -3.79. The number of hydrogen-bond donors (Lipinski definition) is 2. The number of anilines is 1. The third-order valence-electron chi connectivity index (χ3n) is 5.18. The van der Waals surface area contributed by atoms with Crippen molar-refractivity contribution in [2.75, 3.05) is 17.9 Å². The van der Waals surface area contributed by atoms with E-state index in [-0.39, 0.29) is 26.9 Å². The molecule has 0 unspecified atom stereocenters. The summed E-state index contributed by atoms with van der Waals surface area (Å²) >= 11 is 6.25. The van der Waals surface area contributed by atoms with E-state index in [1.165, 1.54) is 35.9 Å². The zero-order valence-electron chi connectivity index (χ0n) is 19.7. The third-order valence-corrected chi connectivity index (χ3v) is 6.88. The number of ether oxygens (including phenoxy) is 1. The number of halogens is 1. The lowest BCUT2D eigenvalue weighted by Gasteiger charge is -2.19. The largest absolute Gasteiger partial charge is 0.492 e. The lowest BCUT2D eigenvalue weighted by atomic mass is 9.87. The Morgan fingerprint density at radius 3 is 2.21 bits per heavy atom. The molecule has 8 heteroatoms. The van der Waals surface area contributed by atoms with E-state index in [0.29, 0.717) is 18.7 Å². The van der Waals surface area contributed by atoms with Gasteiger partial charge in [0.1, 0.15) is 12.4 Å². The smallest absolute Gasteiger partial charge is 0.261 e. The first kappa shape index (κ1) is 25.6. The molecule has 3 rings (SSSR count). The van der Waals surface area contributed by atoms with Crippen LogP contribution in [0.5, 0.6) is 5.75 Å². The van der Waals surface area contributed by atoms with Gasteiger partial charge in [-0.2, -0.15) is 0 Å². The van der Waals surface area contributed by atoms with Gasteiger partial charge in [0.05, 0.1) is 22.2 Å². The Bertz CT molecular complexity index is 1250. The minimum Gasteiger partial charge on any atom is -0.492 e. The van der Waals surface area contributed by atoms with Crippen LogP contribution in [0.3, 0.4) is 0 Å². The van der Waals surface area contributed by atoms with Crippen molar-refractivity contribution < 1.29 is 17.9 Å². The Balaban J connectivity index is 1.54. The Labute approximate surface area is 206 Å². The van der Waals surface area contributed by atoms with Crippen LogP contribution in [0.25, 0.3) is 0 Å². The summed E-state index contributed by atoms with van der Waals surface area (Å²) in [5, 5.41) is 2.89. The van der Waals surface area contributed by atoms with E-state index in [1.807, 2.05) is 31.2 Å². The predicted molar refractivity (Wildman–Crippen MR) is 136 cm³/mol. The number of nitrogens with one attached hydrogen (secondary N) is 2. The molecule has 6 nitrogen and oxygen atoms in total. The van der Waals surface area contributed by atoms with Crippen LogP contribution in [0, 0.1) is 6.92 Å². The van der Waals surface area contributed by atoms with Crippen LogP contribution in [-0.4, -0.2) is 27.5 Å². The van der Waals surface area contributed by atoms with E-state index in [0.717, 1.165) is 11.3 Å². The minimum absolute atomic E-state index is 0.0731. The molecule has 0 aliphatic carbocycles. The maximum absolute atomic E-state index is 12.6. The summed E-state index contributed by atoms with van der Waals surface area (Å²) < 4.78 is 33.3. The SMILES string of the molecule is Cc1ccc(S(=O)(=O)Nc2ccc(C(=O)NCCOc3ccc(C(C)(C)C)cc3)cc2Cl)cc1. The molecule has 3 aromatic carbocycles. The van der Waals surface area contributed by atoms with E-state index in [2.05, 4.69) is 30.8 Å². The topological polar surface area (TPSA) is 84.5 Å². The van der Waals surface area contributed by atoms with E-state index < -0.39 is 10.0 Å². The number of amides is 1. The molecule has 0 fully saturated rings. The van der Waals surface area contributed by atoms with Crippen molar-refractivity contribution in [2.45, 2.75) is 38.0 Å². The van der Waals surface area contributed by atoms with Gasteiger partial charge < -0.3 is 10.1 Å². The molecule has 0 saturated heterocycles. The highest BCUT2D eigenvalue weighted by Gasteiger charge is 2.17. The molecule has 0 spiro atoms. The second kappa shape index (κ2) is 10.5. The quantitative estimate of drug-likeness (QED) is 0.397. The van der Waals surface area contributed by atoms with Crippen molar-refractivity contribution in [3.8, 4) is 5.75 Å². The van der Waals surface area contributed by atoms with Gasteiger partial charge in [0.15, 0.2) is 0 Å². The first-order valence-electron chi connectivity index (χ1n) is 10.9. The van der Waals surface area contributed by atoms with Crippen molar-refractivity contribution in [3.05, 3.63) is 88.4 Å². The standard InChI is InChI=1S/C26H29ClN2O4S/c1-18-5-12-22(13-6-18)34(31,32)29-24-14-7-19(17-23(24)27)25(30)28-15-16-33-21-10-8-20(9-11-21)26(2,3)4/h5-14,17,29H,15-16H2,1-4H3,(H,28,30). The average Bonchev–Trinajstić information content (AvgIpc) is 2.78. The molecular weight excluding hydrogens is 472 g/mol. The molecule has 0 aliphatic heterocycles. The number of benzene rings is 3. The number of rotatable bonds is 8. The maximum atomic E-state index is 12.6. The van der Waals surface area contributed by atoms with Crippen molar-refractivity contribution >= 4 is 33.2 Å². The molecule has 180 valence electrons. The van der Waals surface area contributed by atoms with Crippen molar-refractivity contribution in [1.29, 1.82) is 0 Å².